The molecule has 3 aliphatic heterocycles. The number of likely N-dealkylation sites (N-methyl/N-ethyl adjacent to an activating group) is 1. The average Bonchev–Trinajstić information content (AvgIpc) is 3.20. The van der Waals surface area contributed by atoms with Gasteiger partial charge in [-0.3, -0.25) is 4.90 Å². The fourth-order valence-electron chi connectivity index (χ4n) is 4.07. The summed E-state index contributed by atoms with van der Waals surface area (Å²) < 4.78 is 6.34. The predicted molar refractivity (Wildman–Crippen MR) is 89.7 cm³/mol. The van der Waals surface area contributed by atoms with Gasteiger partial charge in [0, 0.05) is 56.9 Å². The fraction of sp³-hybridized carbons (Fsp3) is 0.812. The highest BCUT2D eigenvalue weighted by molar-refractivity contribution is 7.13. The molecule has 3 fully saturated rings. The Morgan fingerprint density at radius 2 is 1.95 bits per heavy atom. The van der Waals surface area contributed by atoms with Crippen molar-refractivity contribution in [1.82, 2.24) is 14.8 Å². The Morgan fingerprint density at radius 1 is 1.18 bits per heavy atom. The van der Waals surface area contributed by atoms with E-state index in [1.165, 1.54) is 37.7 Å². The lowest BCUT2D eigenvalue weighted by Gasteiger charge is -2.39. The van der Waals surface area contributed by atoms with Crippen molar-refractivity contribution < 1.29 is 4.74 Å². The molecule has 4 heterocycles. The molecule has 4 rings (SSSR count). The van der Waals surface area contributed by atoms with E-state index >= 15 is 0 Å². The third-order valence-electron chi connectivity index (χ3n) is 5.61. The van der Waals surface area contributed by atoms with Crippen molar-refractivity contribution in [3.05, 3.63) is 11.6 Å². The lowest BCUT2D eigenvalue weighted by Crippen LogP contribution is -2.50. The summed E-state index contributed by atoms with van der Waals surface area (Å²) in [6.45, 7) is 7.90. The SMILES string of the molecule is CN1CCN([C@H]2COC3(CCN(c4nccs4)CC3)C2)CC1. The van der Waals surface area contributed by atoms with Gasteiger partial charge in [-0.05, 0) is 26.3 Å². The van der Waals surface area contributed by atoms with Crippen LogP contribution in [0.5, 0.6) is 0 Å². The third kappa shape index (κ3) is 2.89. The van der Waals surface area contributed by atoms with Crippen LogP contribution in [0.15, 0.2) is 11.6 Å². The molecule has 0 aliphatic carbocycles. The third-order valence-corrected chi connectivity index (χ3v) is 6.44. The van der Waals surface area contributed by atoms with Gasteiger partial charge in [0.2, 0.25) is 0 Å². The highest BCUT2D eigenvalue weighted by Crippen LogP contribution is 2.39. The summed E-state index contributed by atoms with van der Waals surface area (Å²) in [7, 11) is 2.22. The van der Waals surface area contributed by atoms with Gasteiger partial charge in [0.1, 0.15) is 0 Å². The van der Waals surface area contributed by atoms with E-state index in [-0.39, 0.29) is 5.60 Å². The first kappa shape index (κ1) is 14.9. The smallest absolute Gasteiger partial charge is 0.185 e. The van der Waals surface area contributed by atoms with Crippen molar-refractivity contribution in [3.63, 3.8) is 0 Å². The summed E-state index contributed by atoms with van der Waals surface area (Å²) in [5, 5.41) is 3.23. The molecule has 0 aromatic carbocycles. The zero-order valence-electron chi connectivity index (χ0n) is 13.4. The van der Waals surface area contributed by atoms with Gasteiger partial charge in [-0.2, -0.15) is 0 Å². The van der Waals surface area contributed by atoms with Crippen LogP contribution in [0.2, 0.25) is 0 Å². The molecule has 0 saturated carbocycles. The Labute approximate surface area is 136 Å². The first-order valence-electron chi connectivity index (χ1n) is 8.45. The average molecular weight is 322 g/mol. The molecule has 0 unspecified atom stereocenters. The summed E-state index contributed by atoms with van der Waals surface area (Å²) in [6, 6.07) is 0.639. The van der Waals surface area contributed by atoms with Crippen LogP contribution in [0.1, 0.15) is 19.3 Å². The Hall–Kier alpha value is -0.690. The van der Waals surface area contributed by atoms with Gasteiger partial charge in [0.15, 0.2) is 5.13 Å². The zero-order valence-corrected chi connectivity index (χ0v) is 14.2. The van der Waals surface area contributed by atoms with Crippen molar-refractivity contribution >= 4 is 16.5 Å². The number of anilines is 1. The van der Waals surface area contributed by atoms with E-state index in [9.17, 15) is 0 Å². The van der Waals surface area contributed by atoms with E-state index in [0.717, 1.165) is 32.5 Å². The molecule has 0 N–H and O–H groups in total. The minimum atomic E-state index is 0.141. The van der Waals surface area contributed by atoms with Crippen LogP contribution in [0.3, 0.4) is 0 Å². The molecule has 0 bridgehead atoms. The van der Waals surface area contributed by atoms with E-state index in [1.807, 2.05) is 6.20 Å². The number of nitrogens with zero attached hydrogens (tertiary/aromatic N) is 4. The Balaban J connectivity index is 1.33. The topological polar surface area (TPSA) is 31.8 Å². The maximum Gasteiger partial charge on any atom is 0.185 e. The number of thiazole rings is 1. The summed E-state index contributed by atoms with van der Waals surface area (Å²) in [6.07, 6.45) is 5.43. The summed E-state index contributed by atoms with van der Waals surface area (Å²) in [5.41, 5.74) is 0.141. The van der Waals surface area contributed by atoms with Crippen LogP contribution in [-0.2, 0) is 4.74 Å². The fourth-order valence-corrected chi connectivity index (χ4v) is 4.76. The summed E-state index contributed by atoms with van der Waals surface area (Å²) >= 11 is 1.74. The number of piperazine rings is 1. The minimum Gasteiger partial charge on any atom is -0.373 e. The van der Waals surface area contributed by atoms with E-state index in [1.54, 1.807) is 11.3 Å². The Kier molecular flexibility index (Phi) is 4.11. The van der Waals surface area contributed by atoms with Crippen LogP contribution < -0.4 is 4.90 Å². The van der Waals surface area contributed by atoms with Crippen molar-refractivity contribution in [2.24, 2.45) is 0 Å². The maximum absolute atomic E-state index is 6.34. The Bertz CT molecular complexity index is 478. The molecule has 1 aromatic heterocycles. The molecule has 0 amide bonds. The zero-order chi connectivity index (χ0) is 15.0. The second-order valence-electron chi connectivity index (χ2n) is 6.99. The summed E-state index contributed by atoms with van der Waals surface area (Å²) in [4.78, 5) is 11.9. The molecule has 22 heavy (non-hydrogen) atoms. The second-order valence-corrected chi connectivity index (χ2v) is 7.87. The molecule has 0 radical (unpaired) electrons. The molecular formula is C16H26N4OS. The molecule has 122 valence electrons. The van der Waals surface area contributed by atoms with Gasteiger partial charge in [0.05, 0.1) is 12.2 Å². The maximum atomic E-state index is 6.34. The van der Waals surface area contributed by atoms with E-state index < -0.39 is 0 Å². The van der Waals surface area contributed by atoms with Crippen LogP contribution in [0, 0.1) is 0 Å². The second kappa shape index (κ2) is 6.07. The minimum absolute atomic E-state index is 0.141. The quantitative estimate of drug-likeness (QED) is 0.824. The summed E-state index contributed by atoms with van der Waals surface area (Å²) in [5.74, 6) is 0. The number of aromatic nitrogens is 1. The van der Waals surface area contributed by atoms with Gasteiger partial charge >= 0.3 is 0 Å². The Morgan fingerprint density at radius 3 is 2.64 bits per heavy atom. The van der Waals surface area contributed by atoms with Crippen LogP contribution >= 0.6 is 11.3 Å². The van der Waals surface area contributed by atoms with Crippen LogP contribution in [0.4, 0.5) is 5.13 Å². The molecular weight excluding hydrogens is 296 g/mol. The first-order chi connectivity index (χ1) is 10.7. The highest BCUT2D eigenvalue weighted by Gasteiger charge is 2.44. The van der Waals surface area contributed by atoms with E-state index in [2.05, 4.69) is 32.1 Å². The molecule has 1 atom stereocenters. The van der Waals surface area contributed by atoms with Crippen molar-refractivity contribution in [1.29, 1.82) is 0 Å². The largest absolute Gasteiger partial charge is 0.373 e. The standard InChI is InChI=1S/C16H26N4OS/c1-18-7-9-19(10-8-18)14-12-16(21-13-14)2-5-20(6-3-16)15-17-4-11-22-15/h4,11,14H,2-3,5-10,12-13H2,1H3/t14-/m1/s1. The van der Waals surface area contributed by atoms with Gasteiger partial charge in [-0.25, -0.2) is 4.98 Å². The lowest BCUT2D eigenvalue weighted by atomic mass is 9.87. The molecule has 1 aromatic rings. The normalized spacial score (nSPS) is 30.2. The number of hydrogen-bond donors (Lipinski definition) is 0. The molecule has 5 nitrogen and oxygen atoms in total. The van der Waals surface area contributed by atoms with Gasteiger partial charge in [-0.1, -0.05) is 0 Å². The first-order valence-corrected chi connectivity index (χ1v) is 9.33. The molecule has 1 spiro atoms. The predicted octanol–water partition coefficient (Wildman–Crippen LogP) is 1.52. The monoisotopic (exact) mass is 322 g/mol. The van der Waals surface area contributed by atoms with E-state index in [4.69, 9.17) is 4.74 Å². The number of piperidine rings is 1. The van der Waals surface area contributed by atoms with E-state index in [0.29, 0.717) is 6.04 Å². The number of hydrogen-bond acceptors (Lipinski definition) is 6. The van der Waals surface area contributed by atoms with Crippen molar-refractivity contribution in [2.75, 3.05) is 57.8 Å². The van der Waals surface area contributed by atoms with Crippen molar-refractivity contribution in [3.8, 4) is 0 Å². The van der Waals surface area contributed by atoms with Gasteiger partial charge < -0.3 is 14.5 Å². The van der Waals surface area contributed by atoms with Crippen LogP contribution in [0.25, 0.3) is 0 Å². The van der Waals surface area contributed by atoms with Gasteiger partial charge in [-0.15, -0.1) is 11.3 Å². The lowest BCUT2D eigenvalue weighted by molar-refractivity contribution is -0.0163. The molecule has 6 heteroatoms. The van der Waals surface area contributed by atoms with Gasteiger partial charge in [0.25, 0.3) is 0 Å². The van der Waals surface area contributed by atoms with Crippen molar-refractivity contribution in [2.45, 2.75) is 30.9 Å². The number of ether oxygens (including phenoxy) is 1. The van der Waals surface area contributed by atoms with Crippen LogP contribution in [-0.4, -0.2) is 79.3 Å². The molecule has 3 aliphatic rings. The highest BCUT2D eigenvalue weighted by atomic mass is 32.1. The number of rotatable bonds is 2. The molecule has 3 saturated heterocycles.